The Labute approximate surface area is 146 Å². The van der Waals surface area contributed by atoms with Gasteiger partial charge in [0.2, 0.25) is 0 Å². The molecular formula is C19H32N4O. The molecule has 0 spiro atoms. The predicted molar refractivity (Wildman–Crippen MR) is 101 cm³/mol. The van der Waals surface area contributed by atoms with E-state index in [1.54, 1.807) is 0 Å². The van der Waals surface area contributed by atoms with Crippen LogP contribution in [0.2, 0.25) is 0 Å². The van der Waals surface area contributed by atoms with Gasteiger partial charge in [0.05, 0.1) is 6.54 Å². The van der Waals surface area contributed by atoms with Gasteiger partial charge in [-0.05, 0) is 58.8 Å². The zero-order chi connectivity index (χ0) is 17.4. The van der Waals surface area contributed by atoms with E-state index in [4.69, 9.17) is 4.74 Å². The summed E-state index contributed by atoms with van der Waals surface area (Å²) in [4.78, 5) is 7.09. The van der Waals surface area contributed by atoms with Crippen molar-refractivity contribution in [2.45, 2.75) is 45.8 Å². The summed E-state index contributed by atoms with van der Waals surface area (Å²) in [5.74, 6) is 1.81. The Bertz CT molecular complexity index is 532. The molecule has 0 bridgehead atoms. The number of benzene rings is 1. The van der Waals surface area contributed by atoms with Crippen LogP contribution >= 0.6 is 0 Å². The van der Waals surface area contributed by atoms with Gasteiger partial charge in [-0.25, -0.2) is 4.99 Å². The van der Waals surface area contributed by atoms with Gasteiger partial charge < -0.3 is 20.3 Å². The zero-order valence-electron chi connectivity index (χ0n) is 15.5. The van der Waals surface area contributed by atoms with Gasteiger partial charge in [0.1, 0.15) is 11.9 Å². The first-order valence-corrected chi connectivity index (χ1v) is 9.04. The van der Waals surface area contributed by atoms with Gasteiger partial charge in [0.15, 0.2) is 5.96 Å². The molecule has 1 fully saturated rings. The summed E-state index contributed by atoms with van der Waals surface area (Å²) in [5, 5.41) is 6.78. The van der Waals surface area contributed by atoms with Crippen molar-refractivity contribution < 1.29 is 4.74 Å². The fourth-order valence-electron chi connectivity index (χ4n) is 2.96. The highest BCUT2D eigenvalue weighted by atomic mass is 16.5. The van der Waals surface area contributed by atoms with Gasteiger partial charge in [-0.2, -0.15) is 0 Å². The zero-order valence-corrected chi connectivity index (χ0v) is 15.5. The lowest BCUT2D eigenvalue weighted by Gasteiger charge is -2.21. The van der Waals surface area contributed by atoms with E-state index < -0.39 is 0 Å². The standard InChI is InChI=1S/C19H32N4O/c1-5-20-19(22-14-17-10-8-12-23(17)4)21-13-16(3)24-18-11-7-6-9-15(18)2/h6-7,9,11,16-17H,5,8,10,12-14H2,1-4H3,(H2,20,21,22). The van der Waals surface area contributed by atoms with E-state index in [1.165, 1.54) is 19.4 Å². The predicted octanol–water partition coefficient (Wildman–Crippen LogP) is 2.41. The molecular weight excluding hydrogens is 300 g/mol. The number of guanidine groups is 1. The van der Waals surface area contributed by atoms with Crippen LogP contribution in [0.3, 0.4) is 0 Å². The van der Waals surface area contributed by atoms with E-state index in [9.17, 15) is 0 Å². The molecule has 1 heterocycles. The number of ether oxygens (including phenoxy) is 1. The van der Waals surface area contributed by atoms with Crippen LogP contribution in [0.1, 0.15) is 32.3 Å². The van der Waals surface area contributed by atoms with Crippen molar-refractivity contribution in [2.24, 2.45) is 4.99 Å². The Morgan fingerprint density at radius 3 is 2.83 bits per heavy atom. The molecule has 5 nitrogen and oxygen atoms in total. The second-order valence-electron chi connectivity index (χ2n) is 6.57. The molecule has 0 aliphatic carbocycles. The molecule has 1 aliphatic heterocycles. The van der Waals surface area contributed by atoms with Gasteiger partial charge in [0.25, 0.3) is 0 Å². The van der Waals surface area contributed by atoms with Gasteiger partial charge >= 0.3 is 0 Å². The molecule has 0 aromatic heterocycles. The first-order chi connectivity index (χ1) is 11.6. The topological polar surface area (TPSA) is 48.9 Å². The van der Waals surface area contributed by atoms with Crippen molar-refractivity contribution in [3.05, 3.63) is 29.8 Å². The highest BCUT2D eigenvalue weighted by Gasteiger charge is 2.20. The van der Waals surface area contributed by atoms with Crippen molar-refractivity contribution in [1.29, 1.82) is 0 Å². The van der Waals surface area contributed by atoms with Crippen molar-refractivity contribution in [1.82, 2.24) is 15.5 Å². The number of likely N-dealkylation sites (N-methyl/N-ethyl adjacent to an activating group) is 1. The lowest BCUT2D eigenvalue weighted by atomic mass is 10.2. The van der Waals surface area contributed by atoms with E-state index in [-0.39, 0.29) is 6.10 Å². The molecule has 1 aromatic carbocycles. The maximum atomic E-state index is 6.00. The van der Waals surface area contributed by atoms with E-state index in [0.717, 1.165) is 30.4 Å². The average molecular weight is 332 g/mol. The third-order valence-electron chi connectivity index (χ3n) is 4.45. The first-order valence-electron chi connectivity index (χ1n) is 9.04. The number of hydrogen-bond acceptors (Lipinski definition) is 3. The van der Waals surface area contributed by atoms with Gasteiger partial charge in [-0.1, -0.05) is 18.2 Å². The molecule has 134 valence electrons. The van der Waals surface area contributed by atoms with Crippen LogP contribution in [0.5, 0.6) is 5.75 Å². The highest BCUT2D eigenvalue weighted by molar-refractivity contribution is 5.79. The number of aliphatic imine (C=N–C) groups is 1. The highest BCUT2D eigenvalue weighted by Crippen LogP contribution is 2.17. The summed E-state index contributed by atoms with van der Waals surface area (Å²) in [7, 11) is 2.20. The van der Waals surface area contributed by atoms with Crippen LogP contribution in [0.4, 0.5) is 0 Å². The number of rotatable bonds is 7. The molecule has 0 amide bonds. The van der Waals surface area contributed by atoms with E-state index >= 15 is 0 Å². The Balaban J connectivity index is 1.84. The monoisotopic (exact) mass is 332 g/mol. The molecule has 2 atom stereocenters. The number of likely N-dealkylation sites (tertiary alicyclic amines) is 1. The molecule has 2 unspecified atom stereocenters. The fourth-order valence-corrected chi connectivity index (χ4v) is 2.96. The second kappa shape index (κ2) is 9.52. The molecule has 1 saturated heterocycles. The average Bonchev–Trinajstić information content (AvgIpc) is 2.97. The van der Waals surface area contributed by atoms with E-state index in [0.29, 0.717) is 12.6 Å². The lowest BCUT2D eigenvalue weighted by molar-refractivity contribution is 0.228. The molecule has 2 rings (SSSR count). The van der Waals surface area contributed by atoms with Crippen molar-refractivity contribution >= 4 is 5.96 Å². The van der Waals surface area contributed by atoms with Crippen molar-refractivity contribution in [2.75, 3.05) is 33.2 Å². The molecule has 1 aliphatic rings. The number of hydrogen-bond donors (Lipinski definition) is 2. The summed E-state index contributed by atoms with van der Waals surface area (Å²) < 4.78 is 6.00. The normalized spacial score (nSPS) is 20.0. The van der Waals surface area contributed by atoms with E-state index in [2.05, 4.69) is 54.4 Å². The number of nitrogens with one attached hydrogen (secondary N) is 2. The van der Waals surface area contributed by atoms with Crippen LogP contribution < -0.4 is 15.4 Å². The Kier molecular flexibility index (Phi) is 7.37. The molecule has 24 heavy (non-hydrogen) atoms. The summed E-state index contributed by atoms with van der Waals surface area (Å²) in [6, 6.07) is 8.71. The second-order valence-corrected chi connectivity index (χ2v) is 6.57. The maximum Gasteiger partial charge on any atom is 0.191 e. The molecule has 5 heteroatoms. The summed E-state index contributed by atoms with van der Waals surface area (Å²) in [6.45, 7) is 9.84. The first kappa shape index (κ1) is 18.6. The SMILES string of the molecule is CCNC(=NCC(C)Oc1ccccc1C)NCC1CCCN1C. The minimum absolute atomic E-state index is 0.0377. The maximum absolute atomic E-state index is 6.00. The van der Waals surface area contributed by atoms with Gasteiger partial charge in [-0.3, -0.25) is 0 Å². The fraction of sp³-hybridized carbons (Fsp3) is 0.632. The third kappa shape index (κ3) is 5.71. The van der Waals surface area contributed by atoms with Gasteiger partial charge in [-0.15, -0.1) is 0 Å². The largest absolute Gasteiger partial charge is 0.489 e. The van der Waals surface area contributed by atoms with Crippen LogP contribution in [-0.2, 0) is 0 Å². The Morgan fingerprint density at radius 2 is 2.17 bits per heavy atom. The Hall–Kier alpha value is -1.75. The number of aryl methyl sites for hydroxylation is 1. The smallest absolute Gasteiger partial charge is 0.191 e. The number of nitrogens with zero attached hydrogens (tertiary/aromatic N) is 2. The molecule has 0 saturated carbocycles. The van der Waals surface area contributed by atoms with Crippen LogP contribution in [0.15, 0.2) is 29.3 Å². The number of para-hydroxylation sites is 1. The van der Waals surface area contributed by atoms with Gasteiger partial charge in [0, 0.05) is 19.1 Å². The van der Waals surface area contributed by atoms with Crippen LogP contribution in [-0.4, -0.2) is 56.2 Å². The quantitative estimate of drug-likeness (QED) is 0.595. The van der Waals surface area contributed by atoms with Crippen molar-refractivity contribution in [3.63, 3.8) is 0 Å². The summed E-state index contributed by atoms with van der Waals surface area (Å²) in [6.07, 6.45) is 2.59. The van der Waals surface area contributed by atoms with Crippen molar-refractivity contribution in [3.8, 4) is 5.75 Å². The summed E-state index contributed by atoms with van der Waals surface area (Å²) >= 11 is 0. The Morgan fingerprint density at radius 1 is 1.38 bits per heavy atom. The lowest BCUT2D eigenvalue weighted by Crippen LogP contribution is -2.44. The minimum atomic E-state index is 0.0377. The van der Waals surface area contributed by atoms with E-state index in [1.807, 2.05) is 18.2 Å². The van der Waals surface area contributed by atoms with Crippen LogP contribution in [0.25, 0.3) is 0 Å². The molecule has 1 aromatic rings. The summed E-state index contributed by atoms with van der Waals surface area (Å²) in [5.41, 5.74) is 1.16. The third-order valence-corrected chi connectivity index (χ3v) is 4.45. The minimum Gasteiger partial charge on any atom is -0.489 e. The molecule has 0 radical (unpaired) electrons. The van der Waals surface area contributed by atoms with Crippen LogP contribution in [0, 0.1) is 6.92 Å². The molecule has 2 N–H and O–H groups in total.